The van der Waals surface area contributed by atoms with Crippen LogP contribution in [0.1, 0.15) is 76.7 Å². The summed E-state index contributed by atoms with van der Waals surface area (Å²) in [5, 5.41) is 0.734. The molecule has 0 spiro atoms. The zero-order chi connectivity index (χ0) is 21.7. The summed E-state index contributed by atoms with van der Waals surface area (Å²) in [6.45, 7) is 2.24. The number of fused-ring (bicyclic) bond motifs is 1. The molecule has 0 aliphatic rings. The van der Waals surface area contributed by atoms with Crippen LogP contribution in [-0.4, -0.2) is 17.2 Å². The molecule has 1 aromatic heterocycles. The third kappa shape index (κ3) is 8.25. The molecule has 0 aliphatic carbocycles. The summed E-state index contributed by atoms with van der Waals surface area (Å²) in [5.41, 5.74) is 1.91. The second-order valence-electron chi connectivity index (χ2n) is 7.84. The van der Waals surface area contributed by atoms with Crippen LogP contribution in [0.4, 0.5) is 5.13 Å². The van der Waals surface area contributed by atoms with E-state index in [1.807, 2.05) is 48.5 Å². The highest BCUT2D eigenvalue weighted by molar-refractivity contribution is 7.22. The van der Waals surface area contributed by atoms with E-state index in [1.165, 1.54) is 44.9 Å². The lowest BCUT2D eigenvalue weighted by Gasteiger charge is -2.05. The molecule has 0 fully saturated rings. The van der Waals surface area contributed by atoms with Crippen LogP contribution in [0.5, 0.6) is 5.75 Å². The van der Waals surface area contributed by atoms with Crippen molar-refractivity contribution >= 4 is 38.9 Å². The number of carbonyl (C=O) groups excluding carboxylic acids is 1. The Balaban J connectivity index is 1.34. The lowest BCUT2D eigenvalue weighted by atomic mass is 10.1. The van der Waals surface area contributed by atoms with Crippen molar-refractivity contribution in [3.8, 4) is 5.75 Å². The van der Waals surface area contributed by atoms with E-state index >= 15 is 0 Å². The molecular weight excluding hydrogens is 404 g/mol. The minimum atomic E-state index is -0.154. The zero-order valence-corrected chi connectivity index (χ0v) is 19.2. The maximum atomic E-state index is 12.0. The Morgan fingerprint density at radius 1 is 0.935 bits per heavy atom. The molecule has 0 saturated heterocycles. The Labute approximate surface area is 189 Å². The molecule has 3 rings (SSSR count). The molecule has 5 heteroatoms. The molecule has 0 atom stereocenters. The van der Waals surface area contributed by atoms with E-state index in [1.54, 1.807) is 17.6 Å². The minimum absolute atomic E-state index is 0.154. The molecular formula is C26H32N2O2S. The first-order valence-corrected chi connectivity index (χ1v) is 12.3. The van der Waals surface area contributed by atoms with Crippen LogP contribution in [0.15, 0.2) is 53.5 Å². The zero-order valence-electron chi connectivity index (χ0n) is 18.4. The molecule has 31 heavy (non-hydrogen) atoms. The van der Waals surface area contributed by atoms with Crippen LogP contribution in [0.25, 0.3) is 10.2 Å². The second kappa shape index (κ2) is 13.0. The highest BCUT2D eigenvalue weighted by Gasteiger charge is 2.05. The van der Waals surface area contributed by atoms with E-state index < -0.39 is 0 Å². The van der Waals surface area contributed by atoms with E-state index in [4.69, 9.17) is 4.74 Å². The topological polar surface area (TPSA) is 51.5 Å². The molecule has 0 unspecified atom stereocenters. The molecule has 1 heterocycles. The third-order valence-corrected chi connectivity index (χ3v) is 6.15. The molecule has 0 radical (unpaired) electrons. The van der Waals surface area contributed by atoms with Crippen LogP contribution < -0.4 is 4.74 Å². The number of ether oxygens (including phenoxy) is 1. The standard InChI is InChI=1S/C26H32N2O2S/c1-2-3-4-5-6-7-8-9-10-15-25(29)30-22-18-16-21(17-19-22)20-27-26-28-23-13-11-12-14-24(23)31-26/h11-14,16-20H,2-10,15H2,1H3. The Morgan fingerprint density at radius 3 is 2.32 bits per heavy atom. The van der Waals surface area contributed by atoms with Gasteiger partial charge in [-0.05, 0) is 48.4 Å². The second-order valence-corrected chi connectivity index (χ2v) is 8.85. The van der Waals surface area contributed by atoms with Crippen LogP contribution in [0.2, 0.25) is 0 Å². The number of nitrogens with zero attached hydrogens (tertiary/aromatic N) is 2. The van der Waals surface area contributed by atoms with Crippen molar-refractivity contribution in [2.24, 2.45) is 4.99 Å². The van der Waals surface area contributed by atoms with Crippen molar-refractivity contribution in [1.29, 1.82) is 0 Å². The molecule has 0 N–H and O–H groups in total. The minimum Gasteiger partial charge on any atom is -0.427 e. The van der Waals surface area contributed by atoms with Gasteiger partial charge in [-0.15, -0.1) is 0 Å². The van der Waals surface area contributed by atoms with Gasteiger partial charge in [0.15, 0.2) is 0 Å². The van der Waals surface area contributed by atoms with E-state index in [9.17, 15) is 4.79 Å². The molecule has 0 bridgehead atoms. The van der Waals surface area contributed by atoms with Crippen LogP contribution in [-0.2, 0) is 4.79 Å². The van der Waals surface area contributed by atoms with E-state index in [0.29, 0.717) is 12.2 Å². The normalized spacial score (nSPS) is 11.4. The van der Waals surface area contributed by atoms with Crippen LogP contribution >= 0.6 is 11.3 Å². The number of para-hydroxylation sites is 1. The number of rotatable bonds is 13. The number of benzene rings is 2. The van der Waals surface area contributed by atoms with Gasteiger partial charge in [-0.25, -0.2) is 9.98 Å². The van der Waals surface area contributed by atoms with E-state index in [-0.39, 0.29) is 5.97 Å². The molecule has 3 aromatic rings. The summed E-state index contributed by atoms with van der Waals surface area (Å²) in [5.74, 6) is 0.428. The molecule has 0 saturated carbocycles. The van der Waals surface area contributed by atoms with Crippen molar-refractivity contribution < 1.29 is 9.53 Å². The Hall–Kier alpha value is -2.53. The van der Waals surface area contributed by atoms with E-state index in [0.717, 1.165) is 33.8 Å². The van der Waals surface area contributed by atoms with Crippen molar-refractivity contribution in [3.63, 3.8) is 0 Å². The van der Waals surface area contributed by atoms with Gasteiger partial charge in [0.1, 0.15) is 5.75 Å². The highest BCUT2D eigenvalue weighted by atomic mass is 32.1. The number of hydrogen-bond donors (Lipinski definition) is 0. The van der Waals surface area contributed by atoms with Crippen molar-refractivity contribution in [2.75, 3.05) is 0 Å². The lowest BCUT2D eigenvalue weighted by molar-refractivity contribution is -0.134. The SMILES string of the molecule is CCCCCCCCCCCC(=O)Oc1ccc(C=Nc2nc3ccccc3s2)cc1. The number of hydrogen-bond acceptors (Lipinski definition) is 5. The summed E-state index contributed by atoms with van der Waals surface area (Å²) in [7, 11) is 0. The first kappa shape index (κ1) is 23.1. The predicted octanol–water partition coefficient (Wildman–Crippen LogP) is 7.87. The summed E-state index contributed by atoms with van der Waals surface area (Å²) in [6, 6.07) is 15.4. The summed E-state index contributed by atoms with van der Waals surface area (Å²) < 4.78 is 6.58. The van der Waals surface area contributed by atoms with Crippen LogP contribution in [0, 0.1) is 0 Å². The summed E-state index contributed by atoms with van der Waals surface area (Å²) in [4.78, 5) is 21.0. The van der Waals surface area contributed by atoms with Crippen molar-refractivity contribution in [1.82, 2.24) is 4.98 Å². The number of esters is 1. The van der Waals surface area contributed by atoms with Gasteiger partial charge in [0, 0.05) is 12.6 Å². The highest BCUT2D eigenvalue weighted by Crippen LogP contribution is 2.27. The molecule has 4 nitrogen and oxygen atoms in total. The number of thiazole rings is 1. The molecule has 2 aromatic carbocycles. The van der Waals surface area contributed by atoms with Gasteiger partial charge in [-0.3, -0.25) is 4.79 Å². The Morgan fingerprint density at radius 2 is 1.61 bits per heavy atom. The molecule has 0 amide bonds. The van der Waals surface area contributed by atoms with Gasteiger partial charge in [-0.2, -0.15) is 0 Å². The monoisotopic (exact) mass is 436 g/mol. The largest absolute Gasteiger partial charge is 0.427 e. The number of unbranched alkanes of at least 4 members (excludes halogenated alkanes) is 8. The first-order chi connectivity index (χ1) is 15.2. The fourth-order valence-corrected chi connectivity index (χ4v) is 4.24. The van der Waals surface area contributed by atoms with Crippen LogP contribution in [0.3, 0.4) is 0 Å². The summed E-state index contributed by atoms with van der Waals surface area (Å²) >= 11 is 1.57. The fraction of sp³-hybridized carbons (Fsp3) is 0.423. The smallest absolute Gasteiger partial charge is 0.311 e. The van der Waals surface area contributed by atoms with E-state index in [2.05, 4.69) is 16.9 Å². The average molecular weight is 437 g/mol. The maximum absolute atomic E-state index is 12.0. The van der Waals surface area contributed by atoms with Gasteiger partial charge >= 0.3 is 5.97 Å². The first-order valence-electron chi connectivity index (χ1n) is 11.4. The summed E-state index contributed by atoms with van der Waals surface area (Å²) in [6.07, 6.45) is 13.4. The number of carbonyl (C=O) groups is 1. The number of aromatic nitrogens is 1. The van der Waals surface area contributed by atoms with Gasteiger partial charge < -0.3 is 4.74 Å². The lowest BCUT2D eigenvalue weighted by Crippen LogP contribution is -2.07. The Bertz CT molecular complexity index is 930. The third-order valence-electron chi connectivity index (χ3n) is 5.20. The van der Waals surface area contributed by atoms with Gasteiger partial charge in [-0.1, -0.05) is 81.8 Å². The fourth-order valence-electron chi connectivity index (χ4n) is 3.43. The van der Waals surface area contributed by atoms with Gasteiger partial charge in [0.05, 0.1) is 10.2 Å². The Kier molecular flexibility index (Phi) is 9.71. The predicted molar refractivity (Wildman–Crippen MR) is 131 cm³/mol. The van der Waals surface area contributed by atoms with Gasteiger partial charge in [0.25, 0.3) is 0 Å². The maximum Gasteiger partial charge on any atom is 0.311 e. The number of aliphatic imine (C=N–C) groups is 1. The van der Waals surface area contributed by atoms with Crippen molar-refractivity contribution in [2.45, 2.75) is 71.1 Å². The quantitative estimate of drug-likeness (QED) is 0.118. The average Bonchev–Trinajstić information content (AvgIpc) is 3.20. The van der Waals surface area contributed by atoms with Crippen molar-refractivity contribution in [3.05, 3.63) is 54.1 Å². The van der Waals surface area contributed by atoms with Gasteiger partial charge in [0.2, 0.25) is 5.13 Å². The molecule has 0 aliphatic heterocycles. The molecule has 164 valence electrons.